The van der Waals surface area contributed by atoms with Crippen molar-refractivity contribution in [2.24, 2.45) is 5.92 Å². The van der Waals surface area contributed by atoms with Crippen molar-refractivity contribution in [3.8, 4) is 0 Å². The van der Waals surface area contributed by atoms with Crippen LogP contribution in [0.1, 0.15) is 31.2 Å². The molecule has 2 N–H and O–H groups in total. The highest BCUT2D eigenvalue weighted by Crippen LogP contribution is 2.39. The molecule has 1 aliphatic rings. The molecule has 0 saturated carbocycles. The molecule has 0 amide bonds. The Labute approximate surface area is 134 Å². The highest BCUT2D eigenvalue weighted by Gasteiger charge is 2.37. The van der Waals surface area contributed by atoms with Crippen LogP contribution < -0.4 is 0 Å². The topological polar surface area (TPSA) is 76.0 Å². The molecule has 126 valence electrons. The number of halogens is 1. The number of allylic oxidation sites excluding steroid dienone is 1. The van der Waals surface area contributed by atoms with Gasteiger partial charge < -0.3 is 19.7 Å². The molecule has 0 saturated heterocycles. The number of carbonyl (C=O) groups is 1. The van der Waals surface area contributed by atoms with E-state index in [1.165, 1.54) is 18.2 Å². The lowest BCUT2D eigenvalue weighted by Gasteiger charge is -2.36. The molecule has 1 heterocycles. The third kappa shape index (κ3) is 4.30. The largest absolute Gasteiger partial charge is 0.475 e. The summed E-state index contributed by atoms with van der Waals surface area (Å²) in [6.07, 6.45) is 1.98. The summed E-state index contributed by atoms with van der Waals surface area (Å²) in [4.78, 5) is 11.3. The molecule has 0 spiro atoms. The fourth-order valence-corrected chi connectivity index (χ4v) is 2.82. The molecular weight excluding hydrogens is 303 g/mol. The molecule has 1 aliphatic heterocycles. The molecule has 23 heavy (non-hydrogen) atoms. The van der Waals surface area contributed by atoms with Gasteiger partial charge in [0.05, 0.1) is 0 Å². The summed E-state index contributed by atoms with van der Waals surface area (Å²) < 4.78 is 24.2. The summed E-state index contributed by atoms with van der Waals surface area (Å²) in [5.74, 6) is -2.12. The van der Waals surface area contributed by atoms with E-state index >= 15 is 0 Å². The van der Waals surface area contributed by atoms with Gasteiger partial charge in [0, 0.05) is 25.0 Å². The Morgan fingerprint density at radius 2 is 2.04 bits per heavy atom. The molecule has 6 heteroatoms. The van der Waals surface area contributed by atoms with Crippen molar-refractivity contribution in [3.05, 3.63) is 47.5 Å². The maximum atomic E-state index is 13.2. The van der Waals surface area contributed by atoms with Gasteiger partial charge in [0.1, 0.15) is 5.82 Å². The molecule has 1 aromatic rings. The van der Waals surface area contributed by atoms with Crippen LogP contribution in [-0.2, 0) is 14.3 Å². The molecule has 0 unspecified atom stereocenters. The molecule has 0 aliphatic carbocycles. The molecule has 0 bridgehead atoms. The van der Waals surface area contributed by atoms with Crippen LogP contribution in [0.3, 0.4) is 0 Å². The fourth-order valence-electron chi connectivity index (χ4n) is 2.82. The van der Waals surface area contributed by atoms with Crippen molar-refractivity contribution in [1.29, 1.82) is 0 Å². The Kier molecular flexibility index (Phi) is 6.12. The number of benzene rings is 1. The highest BCUT2D eigenvalue weighted by atomic mass is 19.1. The lowest BCUT2D eigenvalue weighted by Crippen LogP contribution is -2.36. The standard InChI is InChI=1S/C17H21FO5/c1-2-22-17-13(4-3-9-19)14(10-15(23-17)16(20)21)11-5-7-12(18)8-6-11/h5-8,10,13-14,17,19H,2-4,9H2,1H3,(H,20,21)/t13-,14+,17+/m1/s1. The Morgan fingerprint density at radius 1 is 1.35 bits per heavy atom. The molecule has 0 radical (unpaired) electrons. The van der Waals surface area contributed by atoms with E-state index in [0.717, 1.165) is 5.56 Å². The zero-order chi connectivity index (χ0) is 16.8. The minimum atomic E-state index is -1.16. The predicted molar refractivity (Wildman–Crippen MR) is 81.2 cm³/mol. The number of aliphatic hydroxyl groups is 1. The van der Waals surface area contributed by atoms with E-state index in [1.807, 2.05) is 0 Å². The SMILES string of the molecule is CCO[C@H]1OC(C(=O)O)=C[C@@H](c2ccc(F)cc2)[C@H]1CCCO. The van der Waals surface area contributed by atoms with Crippen molar-refractivity contribution in [2.75, 3.05) is 13.2 Å². The van der Waals surface area contributed by atoms with Crippen molar-refractivity contribution >= 4 is 5.97 Å². The molecular formula is C17H21FO5. The van der Waals surface area contributed by atoms with Gasteiger partial charge in [-0.15, -0.1) is 0 Å². The number of hydrogen-bond acceptors (Lipinski definition) is 4. The van der Waals surface area contributed by atoms with Gasteiger partial charge in [0.25, 0.3) is 0 Å². The summed E-state index contributed by atoms with van der Waals surface area (Å²) in [5.41, 5.74) is 0.793. The van der Waals surface area contributed by atoms with E-state index in [-0.39, 0.29) is 30.0 Å². The second-order valence-corrected chi connectivity index (χ2v) is 5.38. The van der Waals surface area contributed by atoms with Crippen LogP contribution >= 0.6 is 0 Å². The first-order valence-electron chi connectivity index (χ1n) is 7.66. The van der Waals surface area contributed by atoms with E-state index in [0.29, 0.717) is 19.4 Å². The van der Waals surface area contributed by atoms with E-state index < -0.39 is 12.3 Å². The van der Waals surface area contributed by atoms with Crippen LogP contribution in [0, 0.1) is 11.7 Å². The number of hydrogen-bond donors (Lipinski definition) is 2. The Balaban J connectivity index is 2.38. The number of aliphatic hydroxyl groups excluding tert-OH is 1. The molecule has 1 aromatic carbocycles. The quantitative estimate of drug-likeness (QED) is 0.806. The average Bonchev–Trinajstić information content (AvgIpc) is 2.54. The molecule has 5 nitrogen and oxygen atoms in total. The van der Waals surface area contributed by atoms with Gasteiger partial charge in [0.15, 0.2) is 0 Å². The van der Waals surface area contributed by atoms with E-state index in [2.05, 4.69) is 0 Å². The van der Waals surface area contributed by atoms with Crippen LogP contribution in [-0.4, -0.2) is 35.7 Å². The maximum absolute atomic E-state index is 13.2. The summed E-state index contributed by atoms with van der Waals surface area (Å²) in [6, 6.07) is 5.96. The first-order chi connectivity index (χ1) is 11.1. The summed E-state index contributed by atoms with van der Waals surface area (Å²) >= 11 is 0. The zero-order valence-corrected chi connectivity index (χ0v) is 12.9. The molecule has 0 fully saturated rings. The van der Waals surface area contributed by atoms with E-state index in [1.54, 1.807) is 19.1 Å². The van der Waals surface area contributed by atoms with Crippen molar-refractivity contribution in [1.82, 2.24) is 0 Å². The smallest absolute Gasteiger partial charge is 0.370 e. The number of aliphatic carboxylic acids is 1. The number of ether oxygens (including phenoxy) is 2. The molecule has 0 aromatic heterocycles. The zero-order valence-electron chi connectivity index (χ0n) is 12.9. The molecule has 2 rings (SSSR count). The van der Waals surface area contributed by atoms with Crippen molar-refractivity contribution < 1.29 is 28.9 Å². The Bertz CT molecular complexity index is 555. The highest BCUT2D eigenvalue weighted by molar-refractivity contribution is 5.84. The van der Waals surface area contributed by atoms with Crippen molar-refractivity contribution in [2.45, 2.75) is 32.0 Å². The number of carboxylic acid groups (broad SMARTS) is 1. The number of carboxylic acids is 1. The minimum absolute atomic E-state index is 0.0288. The van der Waals surface area contributed by atoms with Crippen molar-refractivity contribution in [3.63, 3.8) is 0 Å². The van der Waals surface area contributed by atoms with Gasteiger partial charge in [-0.05, 0) is 43.5 Å². The second-order valence-electron chi connectivity index (χ2n) is 5.38. The van der Waals surface area contributed by atoms with Crippen LogP contribution in [0.4, 0.5) is 4.39 Å². The van der Waals surface area contributed by atoms with Crippen LogP contribution in [0.2, 0.25) is 0 Å². The van der Waals surface area contributed by atoms with Crippen LogP contribution in [0.5, 0.6) is 0 Å². The van der Waals surface area contributed by atoms with E-state index in [4.69, 9.17) is 14.6 Å². The summed E-state index contributed by atoms with van der Waals surface area (Å²) in [6.45, 7) is 2.21. The number of rotatable bonds is 7. The van der Waals surface area contributed by atoms with Gasteiger partial charge in [-0.25, -0.2) is 9.18 Å². The third-order valence-electron chi connectivity index (χ3n) is 3.88. The predicted octanol–water partition coefficient (Wildman–Crippen LogP) is 2.66. The lowest BCUT2D eigenvalue weighted by atomic mass is 9.80. The maximum Gasteiger partial charge on any atom is 0.370 e. The van der Waals surface area contributed by atoms with Gasteiger partial charge in [-0.1, -0.05) is 12.1 Å². The normalized spacial score (nSPS) is 24.0. The second kappa shape index (κ2) is 8.08. The van der Waals surface area contributed by atoms with Gasteiger partial charge >= 0.3 is 5.97 Å². The van der Waals surface area contributed by atoms with E-state index in [9.17, 15) is 14.3 Å². The Morgan fingerprint density at radius 3 is 2.61 bits per heavy atom. The monoisotopic (exact) mass is 324 g/mol. The van der Waals surface area contributed by atoms with Gasteiger partial charge in [-0.2, -0.15) is 0 Å². The van der Waals surface area contributed by atoms with Gasteiger partial charge in [-0.3, -0.25) is 0 Å². The first kappa shape index (κ1) is 17.4. The van der Waals surface area contributed by atoms with Crippen LogP contribution in [0.25, 0.3) is 0 Å². The average molecular weight is 324 g/mol. The third-order valence-corrected chi connectivity index (χ3v) is 3.88. The van der Waals surface area contributed by atoms with Crippen LogP contribution in [0.15, 0.2) is 36.1 Å². The lowest BCUT2D eigenvalue weighted by molar-refractivity contribution is -0.173. The fraction of sp³-hybridized carbons (Fsp3) is 0.471. The minimum Gasteiger partial charge on any atom is -0.475 e. The summed E-state index contributed by atoms with van der Waals surface area (Å²) in [5, 5.41) is 18.4. The summed E-state index contributed by atoms with van der Waals surface area (Å²) in [7, 11) is 0. The Hall–Kier alpha value is -1.92. The first-order valence-corrected chi connectivity index (χ1v) is 7.66. The molecule has 3 atom stereocenters. The van der Waals surface area contributed by atoms with Gasteiger partial charge in [0.2, 0.25) is 12.0 Å².